The van der Waals surface area contributed by atoms with E-state index in [1.165, 1.54) is 0 Å². The molecule has 1 aliphatic rings. The van der Waals surface area contributed by atoms with Gasteiger partial charge in [0.05, 0.1) is 5.75 Å². The molecule has 18 heavy (non-hydrogen) atoms. The maximum absolute atomic E-state index is 11.9. The van der Waals surface area contributed by atoms with Crippen LogP contribution in [0.25, 0.3) is 0 Å². The lowest BCUT2D eigenvalue weighted by Gasteiger charge is -2.27. The van der Waals surface area contributed by atoms with Crippen molar-refractivity contribution in [2.24, 2.45) is 5.92 Å². The second kappa shape index (κ2) is 8.09. The second-order valence-electron chi connectivity index (χ2n) is 4.95. The third-order valence-electron chi connectivity index (χ3n) is 3.57. The molecule has 0 radical (unpaired) electrons. The molecule has 108 valence electrons. The molecule has 0 bridgehead atoms. The minimum atomic E-state index is -3.10. The number of sulfonamides is 1. The quantitative estimate of drug-likeness (QED) is 0.667. The second-order valence-corrected chi connectivity index (χ2v) is 6.80. The van der Waals surface area contributed by atoms with Crippen molar-refractivity contribution in [2.45, 2.75) is 26.7 Å². The number of hydrogen-bond donors (Lipinski definition) is 2. The van der Waals surface area contributed by atoms with Gasteiger partial charge in [-0.25, -0.2) is 13.1 Å². The van der Waals surface area contributed by atoms with Crippen molar-refractivity contribution in [1.29, 1.82) is 0 Å². The average Bonchev–Trinajstić information content (AvgIpc) is 2.37. The van der Waals surface area contributed by atoms with E-state index >= 15 is 0 Å². The fourth-order valence-corrected chi connectivity index (χ4v) is 3.80. The number of rotatable bonds is 8. The Morgan fingerprint density at radius 1 is 1.22 bits per heavy atom. The summed E-state index contributed by atoms with van der Waals surface area (Å²) in [6.07, 6.45) is 1.85. The fraction of sp³-hybridized carbons (Fsp3) is 1.00. The van der Waals surface area contributed by atoms with Crippen molar-refractivity contribution < 1.29 is 8.42 Å². The van der Waals surface area contributed by atoms with Gasteiger partial charge in [-0.1, -0.05) is 26.7 Å². The summed E-state index contributed by atoms with van der Waals surface area (Å²) in [5.41, 5.74) is 0. The Balaban J connectivity index is 2.23. The van der Waals surface area contributed by atoms with Gasteiger partial charge in [0.1, 0.15) is 0 Å². The van der Waals surface area contributed by atoms with Gasteiger partial charge in [-0.2, -0.15) is 0 Å². The van der Waals surface area contributed by atoms with Crippen molar-refractivity contribution in [3.05, 3.63) is 0 Å². The predicted octanol–water partition coefficient (Wildman–Crippen LogP) is 0.247. The molecular formula is C12H27N3O2S. The number of nitrogens with zero attached hydrogens (tertiary/aromatic N) is 1. The summed E-state index contributed by atoms with van der Waals surface area (Å²) < 4.78 is 26.4. The third-order valence-corrected chi connectivity index (χ3v) is 5.12. The summed E-state index contributed by atoms with van der Waals surface area (Å²) in [4.78, 5) is 2.29. The van der Waals surface area contributed by atoms with Gasteiger partial charge in [0.15, 0.2) is 0 Å². The van der Waals surface area contributed by atoms with Crippen LogP contribution in [0.5, 0.6) is 0 Å². The third kappa shape index (κ3) is 6.13. The highest BCUT2D eigenvalue weighted by molar-refractivity contribution is 7.89. The molecule has 0 aromatic rings. The molecule has 1 aliphatic heterocycles. The van der Waals surface area contributed by atoms with Crippen LogP contribution in [0.15, 0.2) is 0 Å². The van der Waals surface area contributed by atoms with Gasteiger partial charge in [-0.05, 0) is 5.92 Å². The average molecular weight is 277 g/mol. The van der Waals surface area contributed by atoms with Crippen molar-refractivity contribution in [3.8, 4) is 0 Å². The van der Waals surface area contributed by atoms with Crippen LogP contribution in [0.1, 0.15) is 26.7 Å². The van der Waals surface area contributed by atoms with Gasteiger partial charge in [0.2, 0.25) is 10.0 Å². The molecule has 0 amide bonds. The smallest absolute Gasteiger partial charge is 0.211 e. The van der Waals surface area contributed by atoms with E-state index in [1.807, 2.05) is 13.8 Å². The fourth-order valence-electron chi connectivity index (χ4n) is 2.19. The van der Waals surface area contributed by atoms with Gasteiger partial charge in [0, 0.05) is 39.3 Å². The normalized spacial score (nSPS) is 18.4. The van der Waals surface area contributed by atoms with Gasteiger partial charge >= 0.3 is 0 Å². The zero-order valence-electron chi connectivity index (χ0n) is 11.6. The number of hydrogen-bond acceptors (Lipinski definition) is 4. The Morgan fingerprint density at radius 2 is 1.83 bits per heavy atom. The molecule has 0 aromatic carbocycles. The predicted molar refractivity (Wildman–Crippen MR) is 75.2 cm³/mol. The first-order chi connectivity index (χ1) is 8.57. The maximum Gasteiger partial charge on any atom is 0.211 e. The molecular weight excluding hydrogens is 250 g/mol. The van der Waals surface area contributed by atoms with Crippen LogP contribution in [-0.4, -0.2) is 58.3 Å². The minimum Gasteiger partial charge on any atom is -0.314 e. The van der Waals surface area contributed by atoms with E-state index in [1.54, 1.807) is 0 Å². The Labute approximate surface area is 111 Å². The van der Waals surface area contributed by atoms with Gasteiger partial charge in [-0.3, -0.25) is 4.90 Å². The van der Waals surface area contributed by atoms with E-state index in [0.29, 0.717) is 6.54 Å². The van der Waals surface area contributed by atoms with Crippen molar-refractivity contribution >= 4 is 10.0 Å². The van der Waals surface area contributed by atoms with Gasteiger partial charge < -0.3 is 5.32 Å². The maximum atomic E-state index is 11.9. The molecule has 1 fully saturated rings. The molecule has 1 rings (SSSR count). The van der Waals surface area contributed by atoms with Crippen LogP contribution in [0.3, 0.4) is 0 Å². The number of piperazine rings is 1. The first-order valence-electron chi connectivity index (χ1n) is 6.97. The van der Waals surface area contributed by atoms with E-state index in [-0.39, 0.29) is 11.7 Å². The van der Waals surface area contributed by atoms with Crippen molar-refractivity contribution in [2.75, 3.05) is 45.0 Å². The topological polar surface area (TPSA) is 61.4 Å². The first-order valence-corrected chi connectivity index (χ1v) is 8.63. The Kier molecular flexibility index (Phi) is 7.14. The molecule has 0 aromatic heterocycles. The Hall–Kier alpha value is -0.170. The number of nitrogens with one attached hydrogen (secondary N) is 2. The zero-order chi connectivity index (χ0) is 13.4. The van der Waals surface area contributed by atoms with E-state index in [4.69, 9.17) is 0 Å². The van der Waals surface area contributed by atoms with E-state index in [2.05, 4.69) is 14.9 Å². The minimum absolute atomic E-state index is 0.265. The summed E-state index contributed by atoms with van der Waals surface area (Å²) >= 11 is 0. The van der Waals surface area contributed by atoms with Crippen LogP contribution < -0.4 is 10.0 Å². The monoisotopic (exact) mass is 277 g/mol. The van der Waals surface area contributed by atoms with Crippen LogP contribution in [0.4, 0.5) is 0 Å². The van der Waals surface area contributed by atoms with Crippen LogP contribution in [0.2, 0.25) is 0 Å². The molecule has 0 saturated carbocycles. The summed E-state index contributed by atoms with van der Waals surface area (Å²) in [6, 6.07) is 0. The van der Waals surface area contributed by atoms with E-state index in [9.17, 15) is 8.42 Å². The lowest BCUT2D eigenvalue weighted by molar-refractivity contribution is 0.245. The Morgan fingerprint density at radius 3 is 2.39 bits per heavy atom. The first kappa shape index (κ1) is 15.9. The van der Waals surface area contributed by atoms with Crippen LogP contribution in [-0.2, 0) is 10.0 Å². The van der Waals surface area contributed by atoms with E-state index in [0.717, 1.165) is 45.6 Å². The molecule has 1 heterocycles. The molecule has 5 nitrogen and oxygen atoms in total. The molecule has 1 saturated heterocycles. The highest BCUT2D eigenvalue weighted by Crippen LogP contribution is 2.09. The highest BCUT2D eigenvalue weighted by atomic mass is 32.2. The standard InChI is InChI=1S/C12H27N3O2S/c1-3-12(4-2)11-18(16,17)14-7-10-15-8-5-13-6-9-15/h12-14H,3-11H2,1-2H3. The molecule has 0 unspecified atom stereocenters. The SMILES string of the molecule is CCC(CC)CS(=O)(=O)NCCN1CCNCC1. The molecule has 6 heteroatoms. The highest BCUT2D eigenvalue weighted by Gasteiger charge is 2.16. The van der Waals surface area contributed by atoms with E-state index < -0.39 is 10.0 Å². The van der Waals surface area contributed by atoms with Crippen LogP contribution >= 0.6 is 0 Å². The van der Waals surface area contributed by atoms with Crippen LogP contribution in [0, 0.1) is 5.92 Å². The van der Waals surface area contributed by atoms with Gasteiger partial charge in [-0.15, -0.1) is 0 Å². The summed E-state index contributed by atoms with van der Waals surface area (Å²) in [5, 5.41) is 3.28. The van der Waals surface area contributed by atoms with Gasteiger partial charge in [0.25, 0.3) is 0 Å². The largest absolute Gasteiger partial charge is 0.314 e. The molecule has 0 aliphatic carbocycles. The van der Waals surface area contributed by atoms with Crippen molar-refractivity contribution in [3.63, 3.8) is 0 Å². The Bertz CT molecular complexity index is 309. The van der Waals surface area contributed by atoms with Crippen molar-refractivity contribution in [1.82, 2.24) is 14.9 Å². The lowest BCUT2D eigenvalue weighted by atomic mass is 10.1. The molecule has 0 spiro atoms. The summed E-state index contributed by atoms with van der Waals surface area (Å²) in [7, 11) is -3.10. The molecule has 2 N–H and O–H groups in total. The zero-order valence-corrected chi connectivity index (χ0v) is 12.4. The molecule has 0 atom stereocenters. The summed E-state index contributed by atoms with van der Waals surface area (Å²) in [6.45, 7) is 9.45. The lowest BCUT2D eigenvalue weighted by Crippen LogP contribution is -2.46. The summed E-state index contributed by atoms with van der Waals surface area (Å²) in [5.74, 6) is 0.545.